The zero-order valence-corrected chi connectivity index (χ0v) is 14.0. The Labute approximate surface area is 146 Å². The molecule has 0 spiro atoms. The fourth-order valence-electron chi connectivity index (χ4n) is 3.49. The Morgan fingerprint density at radius 2 is 1.72 bits per heavy atom. The SMILES string of the molecule is O=C(C=CC(=O)N1CCc2[nH]c3ccccc3c2C1)N1CCOCC1. The standard InChI is InChI=1S/C19H21N3O3/c23-18(21-9-11-25-12-10-21)5-6-19(24)22-8-7-17-15(13-22)14-3-1-2-4-16(14)20-17/h1-6,20H,7-13H2. The predicted molar refractivity (Wildman–Crippen MR) is 94.0 cm³/mol. The fraction of sp³-hybridized carbons (Fsp3) is 0.368. The maximum absolute atomic E-state index is 12.5. The Hall–Kier alpha value is -2.60. The summed E-state index contributed by atoms with van der Waals surface area (Å²) in [5, 5.41) is 1.17. The van der Waals surface area contributed by atoms with Crippen molar-refractivity contribution in [3.63, 3.8) is 0 Å². The molecule has 1 aromatic heterocycles. The van der Waals surface area contributed by atoms with Crippen LogP contribution in [0.4, 0.5) is 0 Å². The summed E-state index contributed by atoms with van der Waals surface area (Å²) in [6, 6.07) is 8.16. The van der Waals surface area contributed by atoms with E-state index < -0.39 is 0 Å². The van der Waals surface area contributed by atoms with Gasteiger partial charge in [0.25, 0.3) is 0 Å². The summed E-state index contributed by atoms with van der Waals surface area (Å²) >= 11 is 0. The van der Waals surface area contributed by atoms with E-state index in [9.17, 15) is 9.59 Å². The molecule has 0 atom stereocenters. The van der Waals surface area contributed by atoms with Crippen LogP contribution >= 0.6 is 0 Å². The molecular formula is C19H21N3O3. The molecule has 0 bridgehead atoms. The summed E-state index contributed by atoms with van der Waals surface area (Å²) in [6.45, 7) is 3.52. The number of carbonyl (C=O) groups is 2. The first-order valence-corrected chi connectivity index (χ1v) is 8.64. The highest BCUT2D eigenvalue weighted by atomic mass is 16.5. The molecule has 2 aromatic rings. The number of ether oxygens (including phenoxy) is 1. The van der Waals surface area contributed by atoms with Gasteiger partial charge in [-0.15, -0.1) is 0 Å². The molecule has 0 radical (unpaired) electrons. The molecule has 1 aromatic carbocycles. The summed E-state index contributed by atoms with van der Waals surface area (Å²) in [6.07, 6.45) is 3.59. The summed E-state index contributed by atoms with van der Waals surface area (Å²) in [5.41, 5.74) is 3.50. The summed E-state index contributed by atoms with van der Waals surface area (Å²) < 4.78 is 5.24. The Balaban J connectivity index is 1.45. The van der Waals surface area contributed by atoms with Gasteiger partial charge in [0, 0.05) is 66.9 Å². The van der Waals surface area contributed by atoms with Gasteiger partial charge in [-0.25, -0.2) is 0 Å². The molecule has 1 saturated heterocycles. The first-order chi connectivity index (χ1) is 12.2. The third-order valence-corrected chi connectivity index (χ3v) is 4.89. The van der Waals surface area contributed by atoms with E-state index in [1.165, 1.54) is 28.8 Å². The smallest absolute Gasteiger partial charge is 0.247 e. The van der Waals surface area contributed by atoms with Gasteiger partial charge in [-0.05, 0) is 6.07 Å². The van der Waals surface area contributed by atoms with Crippen LogP contribution < -0.4 is 0 Å². The van der Waals surface area contributed by atoms with E-state index in [0.29, 0.717) is 39.4 Å². The number of carbonyl (C=O) groups excluding carboxylic acids is 2. The first kappa shape index (κ1) is 15.9. The Bertz CT molecular complexity index is 834. The van der Waals surface area contributed by atoms with Crippen molar-refractivity contribution < 1.29 is 14.3 Å². The normalized spacial score (nSPS) is 17.9. The van der Waals surface area contributed by atoms with E-state index in [4.69, 9.17) is 4.74 Å². The molecule has 0 aliphatic carbocycles. The van der Waals surface area contributed by atoms with Crippen molar-refractivity contribution in [2.45, 2.75) is 13.0 Å². The number of aromatic amines is 1. The third-order valence-electron chi connectivity index (χ3n) is 4.89. The number of nitrogens with zero attached hydrogens (tertiary/aromatic N) is 2. The van der Waals surface area contributed by atoms with Crippen molar-refractivity contribution >= 4 is 22.7 Å². The van der Waals surface area contributed by atoms with Gasteiger partial charge in [-0.2, -0.15) is 0 Å². The second-order valence-electron chi connectivity index (χ2n) is 6.41. The van der Waals surface area contributed by atoms with Gasteiger partial charge in [0.2, 0.25) is 11.8 Å². The zero-order chi connectivity index (χ0) is 17.2. The van der Waals surface area contributed by atoms with Crippen LogP contribution in [0.25, 0.3) is 10.9 Å². The fourth-order valence-corrected chi connectivity index (χ4v) is 3.49. The summed E-state index contributed by atoms with van der Waals surface area (Å²) in [7, 11) is 0. The minimum absolute atomic E-state index is 0.113. The van der Waals surface area contributed by atoms with Crippen molar-refractivity contribution in [2.24, 2.45) is 0 Å². The van der Waals surface area contributed by atoms with Gasteiger partial charge in [0.1, 0.15) is 0 Å². The lowest BCUT2D eigenvalue weighted by Crippen LogP contribution is -2.40. The van der Waals surface area contributed by atoms with E-state index >= 15 is 0 Å². The minimum Gasteiger partial charge on any atom is -0.378 e. The van der Waals surface area contributed by atoms with Crippen molar-refractivity contribution in [2.75, 3.05) is 32.8 Å². The molecule has 2 aliphatic rings. The molecule has 4 rings (SSSR count). The Kier molecular flexibility index (Phi) is 4.28. The Morgan fingerprint density at radius 1 is 1.00 bits per heavy atom. The topological polar surface area (TPSA) is 65.6 Å². The van der Waals surface area contributed by atoms with Gasteiger partial charge in [0.05, 0.1) is 13.2 Å². The predicted octanol–water partition coefficient (Wildman–Crippen LogP) is 1.47. The molecule has 1 N–H and O–H groups in total. The lowest BCUT2D eigenvalue weighted by molar-refractivity contribution is -0.131. The van der Waals surface area contributed by atoms with E-state index in [1.807, 2.05) is 12.1 Å². The molecule has 130 valence electrons. The average Bonchev–Trinajstić information content (AvgIpc) is 3.04. The van der Waals surface area contributed by atoms with Crippen molar-refractivity contribution in [1.82, 2.24) is 14.8 Å². The number of fused-ring (bicyclic) bond motifs is 3. The van der Waals surface area contributed by atoms with Crippen LogP contribution in [-0.2, 0) is 27.3 Å². The summed E-state index contributed by atoms with van der Waals surface area (Å²) in [5.74, 6) is -0.237. The van der Waals surface area contributed by atoms with E-state index in [2.05, 4.69) is 17.1 Å². The van der Waals surface area contributed by atoms with E-state index in [0.717, 1.165) is 11.9 Å². The number of hydrogen-bond donors (Lipinski definition) is 1. The quantitative estimate of drug-likeness (QED) is 0.843. The number of nitrogens with one attached hydrogen (secondary N) is 1. The third kappa shape index (κ3) is 3.17. The number of H-pyrrole nitrogens is 1. The van der Waals surface area contributed by atoms with Crippen molar-refractivity contribution in [3.8, 4) is 0 Å². The van der Waals surface area contributed by atoms with Crippen molar-refractivity contribution in [1.29, 1.82) is 0 Å². The van der Waals surface area contributed by atoms with Crippen LogP contribution in [0, 0.1) is 0 Å². The van der Waals surface area contributed by atoms with Gasteiger partial charge in [0.15, 0.2) is 0 Å². The maximum atomic E-state index is 12.5. The molecule has 6 nitrogen and oxygen atoms in total. The maximum Gasteiger partial charge on any atom is 0.247 e. The monoisotopic (exact) mass is 339 g/mol. The van der Waals surface area contributed by atoms with Gasteiger partial charge >= 0.3 is 0 Å². The lowest BCUT2D eigenvalue weighted by Gasteiger charge is -2.27. The van der Waals surface area contributed by atoms with Gasteiger partial charge in [-0.3, -0.25) is 9.59 Å². The molecule has 6 heteroatoms. The number of aromatic nitrogens is 1. The average molecular weight is 339 g/mol. The van der Waals surface area contributed by atoms with Crippen LogP contribution in [0.5, 0.6) is 0 Å². The van der Waals surface area contributed by atoms with E-state index in [-0.39, 0.29) is 11.8 Å². The zero-order valence-electron chi connectivity index (χ0n) is 14.0. The molecule has 2 aliphatic heterocycles. The molecule has 25 heavy (non-hydrogen) atoms. The number of benzene rings is 1. The lowest BCUT2D eigenvalue weighted by atomic mass is 10.0. The van der Waals surface area contributed by atoms with Crippen molar-refractivity contribution in [3.05, 3.63) is 47.7 Å². The molecule has 3 heterocycles. The van der Waals surface area contributed by atoms with Crippen LogP contribution in [0.1, 0.15) is 11.3 Å². The summed E-state index contributed by atoms with van der Waals surface area (Å²) in [4.78, 5) is 31.6. The number of rotatable bonds is 2. The second-order valence-corrected chi connectivity index (χ2v) is 6.41. The minimum atomic E-state index is -0.124. The molecule has 0 saturated carbocycles. The number of hydrogen-bond acceptors (Lipinski definition) is 3. The molecule has 0 unspecified atom stereocenters. The highest BCUT2D eigenvalue weighted by Gasteiger charge is 2.23. The largest absolute Gasteiger partial charge is 0.378 e. The molecule has 2 amide bonds. The first-order valence-electron chi connectivity index (χ1n) is 8.64. The van der Waals surface area contributed by atoms with Crippen LogP contribution in [0.2, 0.25) is 0 Å². The van der Waals surface area contributed by atoms with Crippen LogP contribution in [-0.4, -0.2) is 59.4 Å². The van der Waals surface area contributed by atoms with Crippen LogP contribution in [0.15, 0.2) is 36.4 Å². The molecular weight excluding hydrogens is 318 g/mol. The number of morpholine rings is 1. The highest BCUT2D eigenvalue weighted by Crippen LogP contribution is 2.27. The van der Waals surface area contributed by atoms with Crippen LogP contribution in [0.3, 0.4) is 0 Å². The number of para-hydroxylation sites is 1. The second kappa shape index (κ2) is 6.72. The van der Waals surface area contributed by atoms with Gasteiger partial charge in [-0.1, -0.05) is 18.2 Å². The van der Waals surface area contributed by atoms with E-state index in [1.54, 1.807) is 9.80 Å². The number of amides is 2. The molecule has 1 fully saturated rings. The highest BCUT2D eigenvalue weighted by molar-refractivity contribution is 5.97. The Morgan fingerprint density at radius 3 is 2.52 bits per heavy atom. The van der Waals surface area contributed by atoms with Gasteiger partial charge < -0.3 is 19.5 Å².